The van der Waals surface area contributed by atoms with Gasteiger partial charge in [-0.1, -0.05) is 0 Å². The van der Waals surface area contributed by atoms with Crippen molar-refractivity contribution in [1.29, 1.82) is 0 Å². The lowest BCUT2D eigenvalue weighted by Crippen LogP contribution is -2.54. The van der Waals surface area contributed by atoms with Crippen LogP contribution in [0.25, 0.3) is 0 Å². The molecule has 6 nitrogen and oxygen atoms in total. The molecule has 3 heterocycles. The number of piperidine rings is 1. The lowest BCUT2D eigenvalue weighted by Gasteiger charge is -2.38. The fourth-order valence-corrected chi connectivity index (χ4v) is 4.12. The summed E-state index contributed by atoms with van der Waals surface area (Å²) in [5, 5.41) is 0. The van der Waals surface area contributed by atoms with Gasteiger partial charge in [0.25, 0.3) is 0 Å². The number of hydrogen-bond donors (Lipinski definition) is 1. The van der Waals surface area contributed by atoms with E-state index in [-0.39, 0.29) is 23.9 Å². The molecule has 2 aliphatic heterocycles. The van der Waals surface area contributed by atoms with Gasteiger partial charge < -0.3 is 15.5 Å². The van der Waals surface area contributed by atoms with Gasteiger partial charge in [-0.3, -0.25) is 4.79 Å². The van der Waals surface area contributed by atoms with Crippen molar-refractivity contribution < 1.29 is 4.79 Å². The average Bonchev–Trinajstić information content (AvgIpc) is 3.29. The first-order valence-corrected chi connectivity index (χ1v) is 9.27. The second-order valence-electron chi connectivity index (χ2n) is 7.56. The molecule has 0 spiro atoms. The third-order valence-electron chi connectivity index (χ3n) is 5.70. The molecule has 0 unspecified atom stereocenters. The van der Waals surface area contributed by atoms with Crippen LogP contribution in [0.4, 0.5) is 0 Å². The number of carbonyl (C=O) groups is 1. The molecule has 0 radical (unpaired) electrons. The Bertz CT molecular complexity index is 576. The molecule has 1 aliphatic carbocycles. The second kappa shape index (κ2) is 6.76. The van der Waals surface area contributed by atoms with Crippen molar-refractivity contribution in [2.45, 2.75) is 44.2 Å². The van der Waals surface area contributed by atoms with Gasteiger partial charge in [0, 0.05) is 38.1 Å². The monoisotopic (exact) mass is 329 g/mol. The van der Waals surface area contributed by atoms with Crippen molar-refractivity contribution in [3.8, 4) is 0 Å². The van der Waals surface area contributed by atoms with Crippen LogP contribution in [0.5, 0.6) is 0 Å². The first-order chi connectivity index (χ1) is 11.7. The van der Waals surface area contributed by atoms with Crippen molar-refractivity contribution in [2.24, 2.45) is 17.6 Å². The van der Waals surface area contributed by atoms with E-state index in [0.29, 0.717) is 0 Å². The minimum absolute atomic E-state index is 0.0182. The molecular weight excluding hydrogens is 302 g/mol. The Hall–Kier alpha value is -1.53. The molecule has 1 amide bonds. The molecule has 0 aromatic carbocycles. The van der Waals surface area contributed by atoms with Gasteiger partial charge in [-0.25, -0.2) is 9.97 Å². The van der Waals surface area contributed by atoms with E-state index < -0.39 is 0 Å². The van der Waals surface area contributed by atoms with Crippen LogP contribution < -0.4 is 5.73 Å². The summed E-state index contributed by atoms with van der Waals surface area (Å²) in [5.74, 6) is 1.75. The summed E-state index contributed by atoms with van der Waals surface area (Å²) in [5.41, 5.74) is 6.33. The van der Waals surface area contributed by atoms with Gasteiger partial charge in [0.1, 0.15) is 0 Å². The van der Waals surface area contributed by atoms with Crippen LogP contribution in [0.2, 0.25) is 0 Å². The maximum absolute atomic E-state index is 13.2. The molecule has 3 fully saturated rings. The van der Waals surface area contributed by atoms with Crippen molar-refractivity contribution >= 4 is 5.91 Å². The van der Waals surface area contributed by atoms with E-state index in [2.05, 4.69) is 14.9 Å². The van der Waals surface area contributed by atoms with E-state index in [9.17, 15) is 4.79 Å². The van der Waals surface area contributed by atoms with E-state index in [1.807, 2.05) is 11.0 Å². The number of rotatable bonds is 4. The summed E-state index contributed by atoms with van der Waals surface area (Å²) in [6.45, 7) is 3.79. The molecular formula is C18H27N5O. The third kappa shape index (κ3) is 3.30. The minimum Gasteiger partial charge on any atom is -0.332 e. The second-order valence-corrected chi connectivity index (χ2v) is 7.56. The van der Waals surface area contributed by atoms with Crippen LogP contribution in [0.1, 0.15) is 44.0 Å². The highest BCUT2D eigenvalue weighted by molar-refractivity contribution is 5.80. The van der Waals surface area contributed by atoms with E-state index in [0.717, 1.165) is 57.2 Å². The molecule has 2 N–H and O–H groups in total. The molecule has 6 heteroatoms. The molecule has 130 valence electrons. The average molecular weight is 329 g/mol. The van der Waals surface area contributed by atoms with Crippen LogP contribution in [-0.2, 0) is 4.79 Å². The zero-order valence-electron chi connectivity index (χ0n) is 14.2. The van der Waals surface area contributed by atoms with Crippen LogP contribution >= 0.6 is 0 Å². The van der Waals surface area contributed by atoms with Crippen molar-refractivity contribution in [1.82, 2.24) is 19.8 Å². The Kier molecular flexibility index (Phi) is 4.50. The number of amides is 1. The Labute approximate surface area is 143 Å². The van der Waals surface area contributed by atoms with Crippen LogP contribution in [0, 0.1) is 11.8 Å². The molecule has 3 atom stereocenters. The molecule has 3 aliphatic rings. The summed E-state index contributed by atoms with van der Waals surface area (Å²) < 4.78 is 0. The molecule has 0 bridgehead atoms. The quantitative estimate of drug-likeness (QED) is 0.898. The van der Waals surface area contributed by atoms with Gasteiger partial charge in [-0.2, -0.15) is 0 Å². The normalized spacial score (nSPS) is 31.4. The van der Waals surface area contributed by atoms with E-state index in [1.165, 1.54) is 12.8 Å². The summed E-state index contributed by atoms with van der Waals surface area (Å²) >= 11 is 0. The van der Waals surface area contributed by atoms with E-state index in [1.54, 1.807) is 12.4 Å². The molecule has 24 heavy (non-hydrogen) atoms. The number of carbonyl (C=O) groups excluding carboxylic acids is 1. The topological polar surface area (TPSA) is 75.3 Å². The minimum atomic E-state index is -0.0817. The standard InChI is InChI=1S/C18H27N5O/c19-15-6-10-22(11-13-4-5-13)12-14(15)18(24)23-9-1-3-16(23)17-20-7-2-8-21-17/h2,7-8,13-16H,1,3-6,9-12,19H2/t14-,15-,16+/m0/s1. The third-order valence-corrected chi connectivity index (χ3v) is 5.70. The number of hydrogen-bond acceptors (Lipinski definition) is 5. The highest BCUT2D eigenvalue weighted by Crippen LogP contribution is 2.34. The van der Waals surface area contributed by atoms with Crippen molar-refractivity contribution in [2.75, 3.05) is 26.2 Å². The van der Waals surface area contributed by atoms with Gasteiger partial charge in [0.2, 0.25) is 5.91 Å². The lowest BCUT2D eigenvalue weighted by molar-refractivity contribution is -0.139. The van der Waals surface area contributed by atoms with E-state index >= 15 is 0 Å². The maximum atomic E-state index is 13.2. The fourth-order valence-electron chi connectivity index (χ4n) is 4.12. The van der Waals surface area contributed by atoms with E-state index in [4.69, 9.17) is 5.73 Å². The Morgan fingerprint density at radius 2 is 1.96 bits per heavy atom. The summed E-state index contributed by atoms with van der Waals surface area (Å²) in [6, 6.07) is 1.81. The summed E-state index contributed by atoms with van der Waals surface area (Å²) in [4.78, 5) is 26.4. The van der Waals surface area contributed by atoms with Crippen LogP contribution in [0.3, 0.4) is 0 Å². The number of likely N-dealkylation sites (tertiary alicyclic amines) is 2. The predicted molar refractivity (Wildman–Crippen MR) is 91.0 cm³/mol. The molecule has 1 saturated carbocycles. The Morgan fingerprint density at radius 3 is 2.71 bits per heavy atom. The van der Waals surface area contributed by atoms with Gasteiger partial charge in [-0.15, -0.1) is 0 Å². The largest absolute Gasteiger partial charge is 0.332 e. The first-order valence-electron chi connectivity index (χ1n) is 9.27. The molecule has 4 rings (SSSR count). The Morgan fingerprint density at radius 1 is 1.17 bits per heavy atom. The zero-order valence-corrected chi connectivity index (χ0v) is 14.2. The fraction of sp³-hybridized carbons (Fsp3) is 0.722. The summed E-state index contributed by atoms with van der Waals surface area (Å²) in [6.07, 6.45) is 9.09. The molecule has 2 saturated heterocycles. The van der Waals surface area contributed by atoms with Crippen molar-refractivity contribution in [3.05, 3.63) is 24.3 Å². The highest BCUT2D eigenvalue weighted by atomic mass is 16.2. The number of nitrogens with two attached hydrogens (primary N) is 1. The molecule has 1 aromatic heterocycles. The lowest BCUT2D eigenvalue weighted by atomic mass is 9.91. The smallest absolute Gasteiger partial charge is 0.229 e. The van der Waals surface area contributed by atoms with Gasteiger partial charge in [-0.05, 0) is 50.6 Å². The Balaban J connectivity index is 1.46. The number of aromatic nitrogens is 2. The maximum Gasteiger partial charge on any atom is 0.229 e. The van der Waals surface area contributed by atoms with Gasteiger partial charge in [0.05, 0.1) is 12.0 Å². The number of nitrogens with zero attached hydrogens (tertiary/aromatic N) is 4. The molecule has 1 aromatic rings. The highest BCUT2D eigenvalue weighted by Gasteiger charge is 2.40. The zero-order chi connectivity index (χ0) is 16.5. The van der Waals surface area contributed by atoms with Gasteiger partial charge >= 0.3 is 0 Å². The predicted octanol–water partition coefficient (Wildman–Crippen LogP) is 1.20. The SMILES string of the molecule is N[C@H]1CCN(CC2CC2)C[C@@H]1C(=O)N1CCC[C@@H]1c1ncccn1. The van der Waals surface area contributed by atoms with Crippen LogP contribution in [-0.4, -0.2) is 57.9 Å². The summed E-state index contributed by atoms with van der Waals surface area (Å²) in [7, 11) is 0. The first kappa shape index (κ1) is 16.0. The van der Waals surface area contributed by atoms with Gasteiger partial charge in [0.15, 0.2) is 5.82 Å². The van der Waals surface area contributed by atoms with Crippen molar-refractivity contribution in [3.63, 3.8) is 0 Å². The van der Waals surface area contributed by atoms with Crippen LogP contribution in [0.15, 0.2) is 18.5 Å².